The summed E-state index contributed by atoms with van der Waals surface area (Å²) in [6.07, 6.45) is 2.67. The van der Waals surface area contributed by atoms with E-state index in [1.807, 2.05) is 0 Å². The van der Waals surface area contributed by atoms with Crippen LogP contribution in [0.15, 0.2) is 24.3 Å². The van der Waals surface area contributed by atoms with Crippen LogP contribution in [0.1, 0.15) is 38.3 Å². The summed E-state index contributed by atoms with van der Waals surface area (Å²) in [6.45, 7) is 4.59. The Labute approximate surface area is 105 Å². The monoisotopic (exact) mass is 232 g/mol. The number of hydrogen-bond donors (Lipinski definition) is 1. The zero-order valence-electron chi connectivity index (χ0n) is 11.4. The second-order valence-corrected chi connectivity index (χ2v) is 5.65. The Morgan fingerprint density at radius 1 is 1.18 bits per heavy atom. The number of nitrogens with one attached hydrogen (secondary N) is 1. The molecule has 94 valence electrons. The highest BCUT2D eigenvalue weighted by Gasteiger charge is 2.26. The second kappa shape index (κ2) is 5.09. The van der Waals surface area contributed by atoms with E-state index in [9.17, 15) is 0 Å². The maximum absolute atomic E-state index is 3.70. The molecule has 0 amide bonds. The molecule has 1 aromatic rings. The SMILES string of the molecule is CC1CC(NC(C)c2ccc(N(C)C)cc2)C1. The molecule has 0 aliphatic heterocycles. The Kier molecular flexibility index (Phi) is 3.72. The van der Waals surface area contributed by atoms with Crippen LogP contribution in [0.25, 0.3) is 0 Å². The summed E-state index contributed by atoms with van der Waals surface area (Å²) < 4.78 is 0. The van der Waals surface area contributed by atoms with Gasteiger partial charge in [0.1, 0.15) is 0 Å². The summed E-state index contributed by atoms with van der Waals surface area (Å²) in [5.41, 5.74) is 2.65. The van der Waals surface area contributed by atoms with E-state index in [0.717, 1.165) is 12.0 Å². The highest BCUT2D eigenvalue weighted by molar-refractivity contribution is 5.46. The van der Waals surface area contributed by atoms with Gasteiger partial charge in [-0.25, -0.2) is 0 Å². The lowest BCUT2D eigenvalue weighted by atomic mass is 9.81. The van der Waals surface area contributed by atoms with Gasteiger partial charge in [-0.2, -0.15) is 0 Å². The topological polar surface area (TPSA) is 15.3 Å². The van der Waals surface area contributed by atoms with Crippen molar-refractivity contribution < 1.29 is 0 Å². The zero-order chi connectivity index (χ0) is 12.4. The number of anilines is 1. The van der Waals surface area contributed by atoms with Crippen LogP contribution in [0, 0.1) is 5.92 Å². The van der Waals surface area contributed by atoms with E-state index >= 15 is 0 Å². The Morgan fingerprint density at radius 3 is 2.24 bits per heavy atom. The summed E-state index contributed by atoms with van der Waals surface area (Å²) in [7, 11) is 4.15. The molecule has 1 atom stereocenters. The molecule has 2 nitrogen and oxygen atoms in total. The number of nitrogens with zero attached hydrogens (tertiary/aromatic N) is 1. The lowest BCUT2D eigenvalue weighted by Gasteiger charge is -2.35. The van der Waals surface area contributed by atoms with Crippen molar-refractivity contribution >= 4 is 5.69 Å². The molecule has 2 heteroatoms. The molecule has 1 aliphatic rings. The average molecular weight is 232 g/mol. The van der Waals surface area contributed by atoms with Crippen LogP contribution in [0.2, 0.25) is 0 Å². The first-order valence-corrected chi connectivity index (χ1v) is 6.59. The van der Waals surface area contributed by atoms with Crippen LogP contribution in [-0.2, 0) is 0 Å². The fourth-order valence-corrected chi connectivity index (χ4v) is 2.55. The van der Waals surface area contributed by atoms with Crippen LogP contribution in [0.4, 0.5) is 5.69 Å². The molecule has 0 heterocycles. The third kappa shape index (κ3) is 3.01. The van der Waals surface area contributed by atoms with Gasteiger partial charge in [0, 0.05) is 31.9 Å². The molecule has 1 unspecified atom stereocenters. The molecule has 1 N–H and O–H groups in total. The van der Waals surface area contributed by atoms with Gasteiger partial charge in [0.2, 0.25) is 0 Å². The van der Waals surface area contributed by atoms with Gasteiger partial charge in [-0.05, 0) is 43.4 Å². The summed E-state index contributed by atoms with van der Waals surface area (Å²) in [4.78, 5) is 2.13. The highest BCUT2D eigenvalue weighted by atomic mass is 15.1. The van der Waals surface area contributed by atoms with Crippen molar-refractivity contribution in [1.29, 1.82) is 0 Å². The van der Waals surface area contributed by atoms with Crippen molar-refractivity contribution in [3.8, 4) is 0 Å². The zero-order valence-corrected chi connectivity index (χ0v) is 11.4. The molecule has 17 heavy (non-hydrogen) atoms. The number of rotatable bonds is 4. The Hall–Kier alpha value is -1.02. The lowest BCUT2D eigenvalue weighted by Crippen LogP contribution is -2.41. The first kappa shape index (κ1) is 12.4. The van der Waals surface area contributed by atoms with Crippen molar-refractivity contribution in [3.63, 3.8) is 0 Å². The summed E-state index contributed by atoms with van der Waals surface area (Å²) in [5, 5.41) is 3.70. The van der Waals surface area contributed by atoms with Gasteiger partial charge in [-0.3, -0.25) is 0 Å². The van der Waals surface area contributed by atoms with Crippen LogP contribution < -0.4 is 10.2 Å². The first-order chi connectivity index (χ1) is 8.06. The minimum Gasteiger partial charge on any atom is -0.378 e. The number of hydrogen-bond acceptors (Lipinski definition) is 2. The van der Waals surface area contributed by atoms with Crippen molar-refractivity contribution in [2.75, 3.05) is 19.0 Å². The molecule has 1 aromatic carbocycles. The third-order valence-corrected chi connectivity index (χ3v) is 3.77. The van der Waals surface area contributed by atoms with E-state index < -0.39 is 0 Å². The molecule has 1 aliphatic carbocycles. The molecule has 2 rings (SSSR count). The molecule has 0 bridgehead atoms. The van der Waals surface area contributed by atoms with E-state index in [1.165, 1.54) is 24.1 Å². The van der Waals surface area contributed by atoms with E-state index in [1.54, 1.807) is 0 Å². The fraction of sp³-hybridized carbons (Fsp3) is 0.600. The van der Waals surface area contributed by atoms with Gasteiger partial charge >= 0.3 is 0 Å². The highest BCUT2D eigenvalue weighted by Crippen LogP contribution is 2.29. The lowest BCUT2D eigenvalue weighted by molar-refractivity contribution is 0.226. The first-order valence-electron chi connectivity index (χ1n) is 6.59. The van der Waals surface area contributed by atoms with Gasteiger partial charge in [0.25, 0.3) is 0 Å². The summed E-state index contributed by atoms with van der Waals surface area (Å²) >= 11 is 0. The van der Waals surface area contributed by atoms with Gasteiger partial charge in [-0.15, -0.1) is 0 Å². The fourth-order valence-electron chi connectivity index (χ4n) is 2.55. The van der Waals surface area contributed by atoms with E-state index in [2.05, 4.69) is 62.4 Å². The predicted octanol–water partition coefficient (Wildman–Crippen LogP) is 3.20. The van der Waals surface area contributed by atoms with Crippen LogP contribution >= 0.6 is 0 Å². The Bertz CT molecular complexity index is 350. The van der Waals surface area contributed by atoms with Crippen molar-refractivity contribution in [2.45, 2.75) is 38.8 Å². The molecule has 0 spiro atoms. The van der Waals surface area contributed by atoms with E-state index in [0.29, 0.717) is 6.04 Å². The summed E-state index contributed by atoms with van der Waals surface area (Å²) in [6, 6.07) is 10.0. The van der Waals surface area contributed by atoms with Crippen molar-refractivity contribution in [3.05, 3.63) is 29.8 Å². The minimum absolute atomic E-state index is 0.462. The Balaban J connectivity index is 1.92. The normalized spacial score (nSPS) is 25.2. The van der Waals surface area contributed by atoms with E-state index in [-0.39, 0.29) is 0 Å². The molecule has 0 aromatic heterocycles. The maximum atomic E-state index is 3.70. The molecular weight excluding hydrogens is 208 g/mol. The minimum atomic E-state index is 0.462. The second-order valence-electron chi connectivity index (χ2n) is 5.65. The third-order valence-electron chi connectivity index (χ3n) is 3.77. The average Bonchev–Trinajstić information content (AvgIpc) is 2.27. The van der Waals surface area contributed by atoms with Gasteiger partial charge < -0.3 is 10.2 Å². The smallest absolute Gasteiger partial charge is 0.0361 e. The van der Waals surface area contributed by atoms with Crippen molar-refractivity contribution in [1.82, 2.24) is 5.32 Å². The van der Waals surface area contributed by atoms with Crippen LogP contribution in [0.3, 0.4) is 0 Å². The van der Waals surface area contributed by atoms with Crippen LogP contribution in [-0.4, -0.2) is 20.1 Å². The van der Waals surface area contributed by atoms with Crippen molar-refractivity contribution in [2.24, 2.45) is 5.92 Å². The quantitative estimate of drug-likeness (QED) is 0.857. The largest absolute Gasteiger partial charge is 0.378 e. The molecule has 1 fully saturated rings. The van der Waals surface area contributed by atoms with Gasteiger partial charge in [-0.1, -0.05) is 19.1 Å². The molecule has 1 saturated carbocycles. The number of benzene rings is 1. The Morgan fingerprint density at radius 2 is 1.76 bits per heavy atom. The standard InChI is InChI=1S/C15H24N2/c1-11-9-14(10-11)16-12(2)13-5-7-15(8-6-13)17(3)4/h5-8,11-12,14,16H,9-10H2,1-4H3. The van der Waals surface area contributed by atoms with Gasteiger partial charge in [0.05, 0.1) is 0 Å². The van der Waals surface area contributed by atoms with Gasteiger partial charge in [0.15, 0.2) is 0 Å². The molecular formula is C15H24N2. The molecule has 0 radical (unpaired) electrons. The molecule has 0 saturated heterocycles. The predicted molar refractivity (Wildman–Crippen MR) is 74.5 cm³/mol. The summed E-state index contributed by atoms with van der Waals surface area (Å²) in [5.74, 6) is 0.913. The maximum Gasteiger partial charge on any atom is 0.0361 e. The van der Waals surface area contributed by atoms with E-state index in [4.69, 9.17) is 0 Å². The van der Waals surface area contributed by atoms with Crippen LogP contribution in [0.5, 0.6) is 0 Å².